The maximum Gasteiger partial charge on any atom is 0.102 e. The van der Waals surface area contributed by atoms with Crippen LogP contribution >= 0.6 is 12.2 Å². The molecule has 1 nitrogen and oxygen atoms in total. The summed E-state index contributed by atoms with van der Waals surface area (Å²) >= 11 is 4.63. The second kappa shape index (κ2) is 2.97. The normalized spacial score (nSPS) is 7.50. The number of thiocarbonyl (C=S) groups is 1. The first-order chi connectivity index (χ1) is 2.81. The quantitative estimate of drug-likeness (QED) is 0.359. The van der Waals surface area contributed by atoms with Crippen molar-refractivity contribution in [2.24, 2.45) is 4.99 Å². The van der Waals surface area contributed by atoms with Gasteiger partial charge in [-0.3, -0.25) is 4.99 Å². The Hall–Kier alpha value is -0.240. The minimum atomic E-state index is 0.690. The molecule has 34 valence electrons. The largest absolute Gasteiger partial charge is 0.257 e. The van der Waals surface area contributed by atoms with Crippen LogP contribution in [-0.2, 0) is 0 Å². The molecule has 0 saturated heterocycles. The lowest BCUT2D eigenvalue weighted by molar-refractivity contribution is 1.30. The molecule has 0 amide bonds. The Labute approximate surface area is 43.1 Å². The predicted molar refractivity (Wildman–Crippen MR) is 32.4 cm³/mol. The van der Waals surface area contributed by atoms with E-state index in [9.17, 15) is 0 Å². The smallest absolute Gasteiger partial charge is 0.102 e. The molecule has 0 aliphatic heterocycles. The highest BCUT2D eigenvalue weighted by atomic mass is 32.1. The van der Waals surface area contributed by atoms with Crippen molar-refractivity contribution in [2.45, 2.75) is 13.3 Å². The number of hydrogen-bond donors (Lipinski definition) is 0. The summed E-state index contributed by atoms with van der Waals surface area (Å²) in [7, 11) is 0. The van der Waals surface area contributed by atoms with Crippen LogP contribution in [0.3, 0.4) is 0 Å². The van der Waals surface area contributed by atoms with Gasteiger partial charge in [-0.15, -0.1) is 0 Å². The van der Waals surface area contributed by atoms with E-state index in [1.165, 1.54) is 0 Å². The maximum atomic E-state index is 4.63. The first-order valence-corrected chi connectivity index (χ1v) is 2.21. The van der Waals surface area contributed by atoms with E-state index >= 15 is 0 Å². The average Bonchev–Trinajstić information content (AvgIpc) is 1.65. The zero-order valence-electron chi connectivity index (χ0n) is 3.77. The molecule has 0 bridgehead atoms. The molecule has 0 unspecified atom stereocenters. The molecular formula is C4H7NS. The van der Waals surface area contributed by atoms with Crippen molar-refractivity contribution >= 4 is 23.9 Å². The molecule has 0 aliphatic carbocycles. The van der Waals surface area contributed by atoms with Crippen molar-refractivity contribution in [2.75, 3.05) is 0 Å². The van der Waals surface area contributed by atoms with Crippen molar-refractivity contribution in [3.05, 3.63) is 0 Å². The van der Waals surface area contributed by atoms with Gasteiger partial charge < -0.3 is 0 Å². The molecule has 0 N–H and O–H groups in total. The monoisotopic (exact) mass is 101 g/mol. The lowest BCUT2D eigenvalue weighted by Crippen LogP contribution is -1.79. The second-order valence-corrected chi connectivity index (χ2v) is 1.38. The molecule has 0 radical (unpaired) electrons. The predicted octanol–water partition coefficient (Wildman–Crippen LogP) is 1.42. The zero-order chi connectivity index (χ0) is 4.99. The molecule has 0 rings (SSSR count). The Morgan fingerprint density at radius 2 is 2.50 bits per heavy atom. The molecule has 0 heterocycles. The second-order valence-electron chi connectivity index (χ2n) is 0.905. The third-order valence-electron chi connectivity index (χ3n) is 0.479. The number of nitrogens with zero attached hydrogens (tertiary/aromatic N) is 1. The van der Waals surface area contributed by atoms with E-state index in [0.29, 0.717) is 4.99 Å². The molecule has 0 spiro atoms. The van der Waals surface area contributed by atoms with E-state index in [2.05, 4.69) is 23.9 Å². The summed E-state index contributed by atoms with van der Waals surface area (Å²) in [4.78, 5) is 4.18. The highest BCUT2D eigenvalue weighted by molar-refractivity contribution is 7.80. The van der Waals surface area contributed by atoms with Crippen molar-refractivity contribution in [3.8, 4) is 0 Å². The average molecular weight is 101 g/mol. The fourth-order valence-electron chi connectivity index (χ4n) is 0.112. The Kier molecular flexibility index (Phi) is 2.85. The lowest BCUT2D eigenvalue weighted by atomic mass is 10.5. The number of hydrogen-bond acceptors (Lipinski definition) is 1. The van der Waals surface area contributed by atoms with Gasteiger partial charge in [0.2, 0.25) is 0 Å². The van der Waals surface area contributed by atoms with Gasteiger partial charge in [0, 0.05) is 0 Å². The molecule has 0 aromatic rings. The summed E-state index contributed by atoms with van der Waals surface area (Å²) in [5.74, 6) is 0. The highest BCUT2D eigenvalue weighted by Crippen LogP contribution is 1.81. The third kappa shape index (κ3) is 2.03. The summed E-state index contributed by atoms with van der Waals surface area (Å²) < 4.78 is 0. The van der Waals surface area contributed by atoms with Crippen LogP contribution in [0.2, 0.25) is 0 Å². The van der Waals surface area contributed by atoms with Crippen molar-refractivity contribution < 1.29 is 0 Å². The zero-order valence-corrected chi connectivity index (χ0v) is 4.59. The Morgan fingerprint density at radius 3 is 2.50 bits per heavy atom. The number of aliphatic imine (C=N–C) groups is 1. The number of rotatable bonds is 1. The van der Waals surface area contributed by atoms with Gasteiger partial charge >= 0.3 is 0 Å². The van der Waals surface area contributed by atoms with Crippen LogP contribution in [0.1, 0.15) is 13.3 Å². The SMILES string of the molecule is C=NC(=S)CC. The van der Waals surface area contributed by atoms with Crippen LogP contribution in [0.15, 0.2) is 4.99 Å². The summed E-state index contributed by atoms with van der Waals surface area (Å²) in [6.07, 6.45) is 0.832. The topological polar surface area (TPSA) is 12.4 Å². The maximum absolute atomic E-state index is 4.63. The van der Waals surface area contributed by atoms with Gasteiger partial charge in [-0.2, -0.15) is 0 Å². The molecular weight excluding hydrogens is 94.1 g/mol. The van der Waals surface area contributed by atoms with Crippen LogP contribution in [0, 0.1) is 0 Å². The van der Waals surface area contributed by atoms with Gasteiger partial charge in [0.25, 0.3) is 0 Å². The highest BCUT2D eigenvalue weighted by Gasteiger charge is 1.77. The van der Waals surface area contributed by atoms with Crippen LogP contribution in [0.25, 0.3) is 0 Å². The summed E-state index contributed by atoms with van der Waals surface area (Å²) in [5, 5.41) is 0. The standard InChI is InChI=1S/C4H7NS/c1-3-4(6)5-2/h2-3H2,1H3. The minimum absolute atomic E-state index is 0.690. The van der Waals surface area contributed by atoms with Crippen LogP contribution in [-0.4, -0.2) is 11.7 Å². The molecule has 0 atom stereocenters. The van der Waals surface area contributed by atoms with Crippen LogP contribution in [0.5, 0.6) is 0 Å². The molecule has 0 aromatic heterocycles. The van der Waals surface area contributed by atoms with Gasteiger partial charge in [-0.1, -0.05) is 19.1 Å². The summed E-state index contributed by atoms with van der Waals surface area (Å²) in [6, 6.07) is 0. The molecule has 0 aliphatic rings. The van der Waals surface area contributed by atoms with Gasteiger partial charge in [0.1, 0.15) is 4.99 Å². The van der Waals surface area contributed by atoms with Crippen molar-refractivity contribution in [1.82, 2.24) is 0 Å². The fraction of sp³-hybridized carbons (Fsp3) is 0.500. The van der Waals surface area contributed by atoms with E-state index in [1.807, 2.05) is 6.92 Å². The van der Waals surface area contributed by atoms with Gasteiger partial charge in [0.15, 0.2) is 0 Å². The molecule has 0 fully saturated rings. The molecule has 0 saturated carbocycles. The Morgan fingerprint density at radius 1 is 2.00 bits per heavy atom. The van der Waals surface area contributed by atoms with E-state index < -0.39 is 0 Å². The first kappa shape index (κ1) is 5.76. The van der Waals surface area contributed by atoms with E-state index in [0.717, 1.165) is 6.42 Å². The van der Waals surface area contributed by atoms with Gasteiger partial charge in [0.05, 0.1) is 0 Å². The van der Waals surface area contributed by atoms with E-state index in [1.54, 1.807) is 0 Å². The Balaban J connectivity index is 3.23. The minimum Gasteiger partial charge on any atom is -0.257 e. The van der Waals surface area contributed by atoms with E-state index in [4.69, 9.17) is 0 Å². The third-order valence-corrected chi connectivity index (χ3v) is 0.897. The van der Waals surface area contributed by atoms with E-state index in [-0.39, 0.29) is 0 Å². The van der Waals surface area contributed by atoms with Gasteiger partial charge in [-0.05, 0) is 13.1 Å². The summed E-state index contributed by atoms with van der Waals surface area (Å²) in [5.41, 5.74) is 0. The summed E-state index contributed by atoms with van der Waals surface area (Å²) in [6.45, 7) is 5.20. The van der Waals surface area contributed by atoms with Crippen LogP contribution in [0.4, 0.5) is 0 Å². The van der Waals surface area contributed by atoms with Gasteiger partial charge in [-0.25, -0.2) is 0 Å². The lowest BCUT2D eigenvalue weighted by Gasteiger charge is -1.80. The van der Waals surface area contributed by atoms with Crippen molar-refractivity contribution in [3.63, 3.8) is 0 Å². The Bertz CT molecular complexity index is 67.9. The van der Waals surface area contributed by atoms with Crippen LogP contribution < -0.4 is 0 Å². The molecule has 2 heteroatoms. The fourth-order valence-corrected chi connectivity index (χ4v) is 0.112. The van der Waals surface area contributed by atoms with Crippen molar-refractivity contribution in [1.29, 1.82) is 0 Å². The molecule has 0 aromatic carbocycles. The first-order valence-electron chi connectivity index (χ1n) is 1.80. The molecule has 6 heavy (non-hydrogen) atoms.